The molecule has 0 saturated heterocycles. The minimum absolute atomic E-state index is 0.0548. The second kappa shape index (κ2) is 7.91. The van der Waals surface area contributed by atoms with Crippen LogP contribution in [0.15, 0.2) is 29.2 Å². The van der Waals surface area contributed by atoms with E-state index < -0.39 is 19.7 Å². The first kappa shape index (κ1) is 18.1. The Morgan fingerprint density at radius 1 is 1.00 bits per heavy atom. The highest BCUT2D eigenvalue weighted by atomic mass is 32.2. The predicted octanol–water partition coefficient (Wildman–Crippen LogP) is 1.52. The Balaban J connectivity index is 2.72. The fourth-order valence-corrected chi connectivity index (χ4v) is 5.49. The summed E-state index contributed by atoms with van der Waals surface area (Å²) in [6.07, 6.45) is 2.35. The van der Waals surface area contributed by atoms with Gasteiger partial charge in [-0.2, -0.15) is 0 Å². The van der Waals surface area contributed by atoms with Crippen LogP contribution in [0.5, 0.6) is 0 Å². The summed E-state index contributed by atoms with van der Waals surface area (Å²) in [4.78, 5) is 0.134. The first-order valence-corrected chi connectivity index (χ1v) is 10.5. The molecule has 0 amide bonds. The lowest BCUT2D eigenvalue weighted by atomic mass is 10.2. The van der Waals surface area contributed by atoms with Crippen LogP contribution < -0.4 is 5.73 Å². The van der Waals surface area contributed by atoms with E-state index in [-0.39, 0.29) is 28.7 Å². The summed E-state index contributed by atoms with van der Waals surface area (Å²) in [5, 5.41) is 0. The zero-order valence-corrected chi connectivity index (χ0v) is 13.9. The van der Waals surface area contributed by atoms with Crippen molar-refractivity contribution in [3.05, 3.63) is 29.8 Å². The quantitative estimate of drug-likeness (QED) is 0.692. The Kier molecular flexibility index (Phi) is 6.83. The van der Waals surface area contributed by atoms with E-state index in [2.05, 4.69) is 0 Å². The first-order chi connectivity index (χ1) is 9.80. The maximum Gasteiger partial charge on any atom is 0.179 e. The lowest BCUT2D eigenvalue weighted by Crippen LogP contribution is -2.20. The smallest absolute Gasteiger partial charge is 0.179 e. The predicted molar refractivity (Wildman–Crippen MR) is 84.6 cm³/mol. The Morgan fingerprint density at radius 2 is 1.71 bits per heavy atom. The summed E-state index contributed by atoms with van der Waals surface area (Å²) >= 11 is 0. The molecule has 0 unspecified atom stereocenters. The molecule has 21 heavy (non-hydrogen) atoms. The highest BCUT2D eigenvalue weighted by Gasteiger charge is 2.19. The Labute approximate surface area is 127 Å². The van der Waals surface area contributed by atoms with Gasteiger partial charge in [0.05, 0.1) is 22.2 Å². The summed E-state index contributed by atoms with van der Waals surface area (Å²) in [7, 11) is -6.91. The molecule has 0 radical (unpaired) electrons. The summed E-state index contributed by atoms with van der Waals surface area (Å²) in [5.41, 5.74) is 6.19. The Bertz CT molecular complexity index is 651. The zero-order chi connectivity index (χ0) is 15.9. The minimum Gasteiger partial charge on any atom is -0.326 e. The number of nitrogens with two attached hydrogens (primary N) is 1. The van der Waals surface area contributed by atoms with Gasteiger partial charge in [-0.1, -0.05) is 31.9 Å². The summed E-state index contributed by atoms with van der Waals surface area (Å²) < 4.78 is 48.0. The van der Waals surface area contributed by atoms with Gasteiger partial charge in [0.2, 0.25) is 0 Å². The number of sulfone groups is 2. The van der Waals surface area contributed by atoms with Crippen LogP contribution >= 0.6 is 0 Å². The summed E-state index contributed by atoms with van der Waals surface area (Å²) in [5.74, 6) is -0.652. The molecule has 7 heteroatoms. The van der Waals surface area contributed by atoms with Crippen LogP contribution in [0.4, 0.5) is 0 Å². The average molecular weight is 333 g/mol. The van der Waals surface area contributed by atoms with Crippen molar-refractivity contribution in [2.24, 2.45) is 5.73 Å². The molecule has 1 rings (SSSR count). The molecule has 0 aromatic heterocycles. The molecule has 1 aromatic rings. The van der Waals surface area contributed by atoms with Gasteiger partial charge in [-0.25, -0.2) is 16.8 Å². The van der Waals surface area contributed by atoms with E-state index in [4.69, 9.17) is 5.73 Å². The lowest BCUT2D eigenvalue weighted by molar-refractivity contribution is 0.584. The third kappa shape index (κ3) is 6.15. The molecule has 0 fully saturated rings. The van der Waals surface area contributed by atoms with Gasteiger partial charge in [0.25, 0.3) is 0 Å². The highest BCUT2D eigenvalue weighted by molar-refractivity contribution is 7.95. The fraction of sp³-hybridized carbons (Fsp3) is 0.571. The zero-order valence-electron chi connectivity index (χ0n) is 12.3. The molecule has 120 valence electrons. The standard InChI is InChI=1S/C14H23NO4S2/c1-2-3-4-8-20(16,17)9-10-21(18,19)14-7-5-6-13(11-14)12-15/h5-7,11H,2-4,8-10,12,15H2,1H3. The van der Waals surface area contributed by atoms with Crippen LogP contribution in [-0.2, 0) is 26.2 Å². The maximum atomic E-state index is 12.2. The van der Waals surface area contributed by atoms with Crippen LogP contribution in [0.25, 0.3) is 0 Å². The van der Waals surface area contributed by atoms with Crippen molar-refractivity contribution in [2.45, 2.75) is 37.6 Å². The van der Waals surface area contributed by atoms with Crippen LogP contribution in [-0.4, -0.2) is 34.1 Å². The molecule has 0 aliphatic rings. The van der Waals surface area contributed by atoms with Gasteiger partial charge in [0, 0.05) is 6.54 Å². The molecule has 0 bridgehead atoms. The van der Waals surface area contributed by atoms with Crippen LogP contribution in [0, 0.1) is 0 Å². The van der Waals surface area contributed by atoms with Gasteiger partial charge in [-0.15, -0.1) is 0 Å². The third-order valence-electron chi connectivity index (χ3n) is 3.22. The monoisotopic (exact) mass is 333 g/mol. The first-order valence-electron chi connectivity index (χ1n) is 7.03. The van der Waals surface area contributed by atoms with Gasteiger partial charge < -0.3 is 5.73 Å². The molecule has 0 aliphatic heterocycles. The van der Waals surface area contributed by atoms with Gasteiger partial charge in [-0.05, 0) is 24.1 Å². The molecule has 0 heterocycles. The van der Waals surface area contributed by atoms with E-state index in [1.54, 1.807) is 12.1 Å². The van der Waals surface area contributed by atoms with Crippen molar-refractivity contribution in [1.29, 1.82) is 0 Å². The van der Waals surface area contributed by atoms with Crippen LogP contribution in [0.1, 0.15) is 31.7 Å². The van der Waals surface area contributed by atoms with Crippen molar-refractivity contribution in [3.8, 4) is 0 Å². The molecule has 0 spiro atoms. The molecule has 5 nitrogen and oxygen atoms in total. The van der Waals surface area contributed by atoms with E-state index in [0.717, 1.165) is 12.8 Å². The molecular formula is C14H23NO4S2. The van der Waals surface area contributed by atoms with E-state index in [1.807, 2.05) is 6.92 Å². The Hall–Kier alpha value is -0.920. The van der Waals surface area contributed by atoms with E-state index >= 15 is 0 Å². The molecular weight excluding hydrogens is 310 g/mol. The second-order valence-electron chi connectivity index (χ2n) is 5.03. The topological polar surface area (TPSA) is 94.3 Å². The van der Waals surface area contributed by atoms with Crippen molar-refractivity contribution in [2.75, 3.05) is 17.3 Å². The molecule has 0 aliphatic carbocycles. The number of hydrogen-bond acceptors (Lipinski definition) is 5. The number of benzene rings is 1. The van der Waals surface area contributed by atoms with Crippen LogP contribution in [0.3, 0.4) is 0 Å². The molecule has 2 N–H and O–H groups in total. The minimum atomic E-state index is -3.59. The van der Waals surface area contributed by atoms with Crippen molar-refractivity contribution in [3.63, 3.8) is 0 Å². The lowest BCUT2D eigenvalue weighted by Gasteiger charge is -2.07. The summed E-state index contributed by atoms with van der Waals surface area (Å²) in [6, 6.07) is 6.32. The number of unbranched alkanes of at least 4 members (excludes halogenated alkanes) is 2. The van der Waals surface area contributed by atoms with E-state index in [9.17, 15) is 16.8 Å². The summed E-state index contributed by atoms with van der Waals surface area (Å²) in [6.45, 7) is 2.24. The molecule has 1 aromatic carbocycles. The maximum absolute atomic E-state index is 12.2. The highest BCUT2D eigenvalue weighted by Crippen LogP contribution is 2.14. The van der Waals surface area contributed by atoms with Crippen LogP contribution in [0.2, 0.25) is 0 Å². The largest absolute Gasteiger partial charge is 0.326 e. The average Bonchev–Trinajstić information content (AvgIpc) is 2.46. The SMILES string of the molecule is CCCCCS(=O)(=O)CCS(=O)(=O)c1cccc(CN)c1. The second-order valence-corrected chi connectivity index (χ2v) is 9.44. The van der Waals surface area contributed by atoms with Gasteiger partial charge in [-0.3, -0.25) is 0 Å². The van der Waals surface area contributed by atoms with Gasteiger partial charge >= 0.3 is 0 Å². The third-order valence-corrected chi connectivity index (χ3v) is 6.92. The molecule has 0 atom stereocenters. The van der Waals surface area contributed by atoms with Crippen molar-refractivity contribution < 1.29 is 16.8 Å². The van der Waals surface area contributed by atoms with Gasteiger partial charge in [0.1, 0.15) is 0 Å². The fourth-order valence-electron chi connectivity index (χ4n) is 1.89. The normalized spacial score (nSPS) is 12.5. The van der Waals surface area contributed by atoms with E-state index in [0.29, 0.717) is 12.0 Å². The molecule has 0 saturated carbocycles. The number of rotatable bonds is 9. The van der Waals surface area contributed by atoms with E-state index in [1.165, 1.54) is 12.1 Å². The Morgan fingerprint density at radius 3 is 2.33 bits per heavy atom. The number of hydrogen-bond donors (Lipinski definition) is 1. The van der Waals surface area contributed by atoms with Gasteiger partial charge in [0.15, 0.2) is 19.7 Å². The van der Waals surface area contributed by atoms with Crippen molar-refractivity contribution in [1.82, 2.24) is 0 Å². The van der Waals surface area contributed by atoms with Crippen molar-refractivity contribution >= 4 is 19.7 Å².